The monoisotopic (exact) mass is 529 g/mol. The second-order valence-corrected chi connectivity index (χ2v) is 9.96. The van der Waals surface area contributed by atoms with E-state index >= 15 is 0 Å². The van der Waals surface area contributed by atoms with Gasteiger partial charge in [0, 0.05) is 24.1 Å². The lowest BCUT2D eigenvalue weighted by atomic mass is 10.2. The number of guanidine groups is 1. The van der Waals surface area contributed by atoms with E-state index in [1.807, 2.05) is 36.1 Å². The van der Waals surface area contributed by atoms with Crippen LogP contribution in [0.1, 0.15) is 26.3 Å². The number of nitrogens with zero attached hydrogens (tertiary/aromatic N) is 2. The summed E-state index contributed by atoms with van der Waals surface area (Å²) in [7, 11) is -3.05. The number of hydrogen-bond acceptors (Lipinski definition) is 3. The minimum absolute atomic E-state index is 0. The molecule has 0 amide bonds. The predicted molar refractivity (Wildman–Crippen MR) is 114 cm³/mol. The van der Waals surface area contributed by atoms with Gasteiger partial charge in [0.1, 0.15) is 0 Å². The van der Waals surface area contributed by atoms with Crippen molar-refractivity contribution in [3.8, 4) is 0 Å². The minimum Gasteiger partial charge on any atom is -0.357 e. The molecule has 136 valence electrons. The van der Waals surface area contributed by atoms with Crippen molar-refractivity contribution < 1.29 is 8.42 Å². The molecule has 5 nitrogen and oxygen atoms in total. The summed E-state index contributed by atoms with van der Waals surface area (Å²) in [6.07, 6.45) is 0. The fraction of sp³-hybridized carbons (Fsp3) is 0.562. The van der Waals surface area contributed by atoms with E-state index in [2.05, 4.69) is 26.2 Å². The van der Waals surface area contributed by atoms with E-state index in [-0.39, 0.29) is 29.7 Å². The van der Waals surface area contributed by atoms with Gasteiger partial charge in [-0.15, -0.1) is 24.0 Å². The number of nitrogens with one attached hydrogen (secondary N) is 1. The van der Waals surface area contributed by atoms with Crippen molar-refractivity contribution in [2.24, 2.45) is 4.99 Å². The number of halogens is 2. The van der Waals surface area contributed by atoms with E-state index in [0.29, 0.717) is 19.6 Å². The Bertz CT molecular complexity index is 692. The standard InChI is InChI=1S/C16H24BrN3O2S.HI/c1-4-18-15(19-11-13-6-5-7-14(17)10-13)20-8-9-23(21,22)16(2,3)12-20;/h5-7,10H,4,8-9,11-12H2,1-3H3,(H,18,19);1H. The molecule has 1 N–H and O–H groups in total. The van der Waals surface area contributed by atoms with Crippen molar-refractivity contribution in [1.29, 1.82) is 0 Å². The average Bonchev–Trinajstić information content (AvgIpc) is 2.46. The molecular weight excluding hydrogens is 505 g/mol. The van der Waals surface area contributed by atoms with E-state index in [4.69, 9.17) is 0 Å². The summed E-state index contributed by atoms with van der Waals surface area (Å²) in [4.78, 5) is 6.72. The minimum atomic E-state index is -3.05. The molecule has 1 aliphatic rings. The molecule has 0 aliphatic carbocycles. The first kappa shape index (κ1) is 21.7. The van der Waals surface area contributed by atoms with E-state index in [1.165, 1.54) is 0 Å². The Morgan fingerprint density at radius 3 is 2.71 bits per heavy atom. The highest BCUT2D eigenvalue weighted by atomic mass is 127. The molecule has 1 aliphatic heterocycles. The third-order valence-corrected chi connectivity index (χ3v) is 7.00. The molecule has 0 spiro atoms. The highest BCUT2D eigenvalue weighted by Gasteiger charge is 2.40. The number of aliphatic imine (C=N–C) groups is 1. The van der Waals surface area contributed by atoms with Crippen molar-refractivity contribution in [3.63, 3.8) is 0 Å². The molecule has 1 aromatic carbocycles. The van der Waals surface area contributed by atoms with Gasteiger partial charge >= 0.3 is 0 Å². The van der Waals surface area contributed by atoms with Gasteiger partial charge in [-0.2, -0.15) is 0 Å². The fourth-order valence-corrected chi connectivity index (χ4v) is 4.36. The summed E-state index contributed by atoms with van der Waals surface area (Å²) in [5.41, 5.74) is 1.11. The van der Waals surface area contributed by atoms with Gasteiger partial charge in [0.15, 0.2) is 15.8 Å². The van der Waals surface area contributed by atoms with Gasteiger partial charge < -0.3 is 10.2 Å². The Balaban J connectivity index is 0.00000288. The molecule has 1 heterocycles. The van der Waals surface area contributed by atoms with Gasteiger partial charge in [0.25, 0.3) is 0 Å². The van der Waals surface area contributed by atoms with Crippen molar-refractivity contribution >= 4 is 55.7 Å². The zero-order chi connectivity index (χ0) is 17.1. The smallest absolute Gasteiger partial charge is 0.194 e. The lowest BCUT2D eigenvalue weighted by Gasteiger charge is -2.39. The molecule has 0 saturated carbocycles. The Kier molecular flexibility index (Phi) is 7.99. The van der Waals surface area contributed by atoms with Crippen molar-refractivity contribution in [2.75, 3.05) is 25.4 Å². The molecule has 0 aromatic heterocycles. The van der Waals surface area contributed by atoms with Crippen LogP contribution in [0.25, 0.3) is 0 Å². The van der Waals surface area contributed by atoms with Gasteiger partial charge in [-0.25, -0.2) is 13.4 Å². The van der Waals surface area contributed by atoms with Crippen LogP contribution in [0.4, 0.5) is 0 Å². The first-order valence-corrected chi connectivity index (χ1v) is 10.2. The Labute approximate surface area is 170 Å². The zero-order valence-corrected chi connectivity index (χ0v) is 19.0. The maximum absolute atomic E-state index is 12.2. The molecule has 0 radical (unpaired) electrons. The second-order valence-electron chi connectivity index (χ2n) is 6.30. The zero-order valence-electron chi connectivity index (χ0n) is 14.3. The third-order valence-electron chi connectivity index (χ3n) is 3.98. The summed E-state index contributed by atoms with van der Waals surface area (Å²) in [6.45, 7) is 7.83. The third kappa shape index (κ3) is 5.32. The summed E-state index contributed by atoms with van der Waals surface area (Å²) in [5.74, 6) is 0.942. The van der Waals surface area contributed by atoms with Crippen LogP contribution < -0.4 is 5.32 Å². The lowest BCUT2D eigenvalue weighted by Crippen LogP contribution is -2.57. The van der Waals surface area contributed by atoms with Crippen LogP contribution in [-0.2, 0) is 16.4 Å². The molecule has 0 bridgehead atoms. The van der Waals surface area contributed by atoms with Gasteiger partial charge in [-0.05, 0) is 38.5 Å². The van der Waals surface area contributed by atoms with Crippen LogP contribution in [0.3, 0.4) is 0 Å². The molecule has 24 heavy (non-hydrogen) atoms. The maximum Gasteiger partial charge on any atom is 0.194 e. The normalized spacial score (nSPS) is 19.5. The van der Waals surface area contributed by atoms with Gasteiger partial charge in [-0.1, -0.05) is 28.1 Å². The average molecular weight is 530 g/mol. The van der Waals surface area contributed by atoms with Crippen molar-refractivity contribution in [3.05, 3.63) is 34.3 Å². The fourth-order valence-electron chi connectivity index (χ4n) is 2.55. The maximum atomic E-state index is 12.2. The van der Waals surface area contributed by atoms with E-state index in [1.54, 1.807) is 13.8 Å². The first-order chi connectivity index (χ1) is 10.7. The summed E-state index contributed by atoms with van der Waals surface area (Å²) in [5, 5.41) is 3.27. The molecule has 1 aromatic rings. The summed E-state index contributed by atoms with van der Waals surface area (Å²) < 4.78 is 24.6. The molecule has 8 heteroatoms. The number of hydrogen-bond donors (Lipinski definition) is 1. The Morgan fingerprint density at radius 1 is 1.42 bits per heavy atom. The topological polar surface area (TPSA) is 61.8 Å². The van der Waals surface area contributed by atoms with Gasteiger partial charge in [0.05, 0.1) is 17.0 Å². The highest BCUT2D eigenvalue weighted by Crippen LogP contribution is 2.23. The van der Waals surface area contributed by atoms with Crippen LogP contribution in [0.5, 0.6) is 0 Å². The van der Waals surface area contributed by atoms with Crippen LogP contribution in [0.15, 0.2) is 33.7 Å². The lowest BCUT2D eigenvalue weighted by molar-refractivity contribution is 0.353. The van der Waals surface area contributed by atoms with Crippen LogP contribution in [0.2, 0.25) is 0 Å². The number of rotatable bonds is 3. The molecule has 0 atom stereocenters. The first-order valence-electron chi connectivity index (χ1n) is 7.75. The van der Waals surface area contributed by atoms with E-state index < -0.39 is 14.6 Å². The molecule has 1 saturated heterocycles. The molecule has 1 fully saturated rings. The van der Waals surface area contributed by atoms with Crippen LogP contribution >= 0.6 is 39.9 Å². The SMILES string of the molecule is CCNC(=NCc1cccc(Br)c1)N1CCS(=O)(=O)C(C)(C)C1.I. The largest absolute Gasteiger partial charge is 0.357 e. The van der Waals surface area contributed by atoms with Crippen molar-refractivity contribution in [1.82, 2.24) is 10.2 Å². The summed E-state index contributed by atoms with van der Waals surface area (Å²) in [6, 6.07) is 8.04. The second kappa shape index (κ2) is 8.84. The molecule has 2 rings (SSSR count). The predicted octanol–water partition coefficient (Wildman–Crippen LogP) is 3.04. The Hall–Kier alpha value is -0.350. The van der Waals surface area contributed by atoms with E-state index in [9.17, 15) is 8.42 Å². The molecular formula is C16H25BrIN3O2S. The number of benzene rings is 1. The van der Waals surface area contributed by atoms with Gasteiger partial charge in [-0.3, -0.25) is 0 Å². The molecule has 0 unspecified atom stereocenters. The quantitative estimate of drug-likeness (QED) is 0.371. The van der Waals surface area contributed by atoms with E-state index in [0.717, 1.165) is 22.5 Å². The van der Waals surface area contributed by atoms with Crippen LogP contribution in [0, 0.1) is 0 Å². The Morgan fingerprint density at radius 2 is 2.12 bits per heavy atom. The van der Waals surface area contributed by atoms with Crippen molar-refractivity contribution in [2.45, 2.75) is 32.1 Å². The van der Waals surface area contributed by atoms with Gasteiger partial charge in [0.2, 0.25) is 0 Å². The number of sulfone groups is 1. The van der Waals surface area contributed by atoms with Crippen LogP contribution in [-0.4, -0.2) is 49.4 Å². The summed E-state index contributed by atoms with van der Waals surface area (Å²) >= 11 is 3.46. The highest BCUT2D eigenvalue weighted by molar-refractivity contribution is 14.0.